The molecule has 0 radical (unpaired) electrons. The minimum atomic E-state index is -0.648. The summed E-state index contributed by atoms with van der Waals surface area (Å²) in [5, 5.41) is 5.66. The molecule has 0 unspecified atom stereocenters. The molecule has 0 atom stereocenters. The van der Waals surface area contributed by atoms with Crippen LogP contribution in [0.2, 0.25) is 0 Å². The number of hydrogen-bond donors (Lipinski definition) is 2. The predicted octanol–water partition coefficient (Wildman–Crippen LogP) is 4.48. The average Bonchev–Trinajstić information content (AvgIpc) is 3.32. The van der Waals surface area contributed by atoms with Crippen molar-refractivity contribution in [3.63, 3.8) is 0 Å². The number of aromatic nitrogens is 2. The molecule has 2 aromatic heterocycles. The van der Waals surface area contributed by atoms with Crippen molar-refractivity contribution in [3.05, 3.63) is 93.6 Å². The second-order valence-electron chi connectivity index (χ2n) is 9.42. The molecule has 5 rings (SSSR count). The number of fused-ring (bicyclic) bond motifs is 1. The third kappa shape index (κ3) is 5.41. The van der Waals surface area contributed by atoms with E-state index in [-0.39, 0.29) is 12.1 Å². The maximum absolute atomic E-state index is 14.9. The Labute approximate surface area is 228 Å². The number of para-hydroxylation sites is 1. The second-order valence-corrected chi connectivity index (χ2v) is 10.3. The maximum Gasteiger partial charge on any atom is 0.274 e. The van der Waals surface area contributed by atoms with Crippen molar-refractivity contribution in [3.8, 4) is 0 Å². The number of piperazine rings is 1. The van der Waals surface area contributed by atoms with Crippen LogP contribution in [0.1, 0.15) is 32.0 Å². The molecule has 4 aromatic rings. The highest BCUT2D eigenvalue weighted by atomic mass is 79.9. The summed E-state index contributed by atoms with van der Waals surface area (Å²) in [5.41, 5.74) is 3.69. The van der Waals surface area contributed by atoms with Crippen molar-refractivity contribution in [1.29, 1.82) is 0 Å². The summed E-state index contributed by atoms with van der Waals surface area (Å²) in [7, 11) is 2.10. The van der Waals surface area contributed by atoms with Gasteiger partial charge in [0.1, 0.15) is 17.2 Å². The van der Waals surface area contributed by atoms with E-state index < -0.39 is 17.6 Å². The molecule has 0 aliphatic carbocycles. The molecule has 0 spiro atoms. The van der Waals surface area contributed by atoms with Crippen LogP contribution in [0, 0.1) is 12.7 Å². The van der Waals surface area contributed by atoms with Gasteiger partial charge in [0.05, 0.1) is 11.8 Å². The van der Waals surface area contributed by atoms with Gasteiger partial charge in [-0.3, -0.25) is 14.0 Å². The molecule has 1 aliphatic heterocycles. The lowest BCUT2D eigenvalue weighted by molar-refractivity contribution is 0.0945. The highest BCUT2D eigenvalue weighted by Crippen LogP contribution is 2.24. The summed E-state index contributed by atoms with van der Waals surface area (Å²) in [4.78, 5) is 34.9. The molecule has 0 saturated carbocycles. The van der Waals surface area contributed by atoms with Crippen LogP contribution in [0.25, 0.3) is 5.65 Å². The van der Waals surface area contributed by atoms with E-state index in [4.69, 9.17) is 0 Å². The van der Waals surface area contributed by atoms with Crippen LogP contribution in [0.3, 0.4) is 0 Å². The fourth-order valence-corrected chi connectivity index (χ4v) is 4.90. The third-order valence-corrected chi connectivity index (χ3v) is 7.28. The molecular formula is C28H28BrFN6O2. The molecule has 3 heterocycles. The van der Waals surface area contributed by atoms with Gasteiger partial charge in [-0.15, -0.1) is 0 Å². The molecule has 8 nitrogen and oxygen atoms in total. The normalized spacial score (nSPS) is 14.1. The van der Waals surface area contributed by atoms with Gasteiger partial charge in [0.15, 0.2) is 0 Å². The van der Waals surface area contributed by atoms with Gasteiger partial charge in [-0.1, -0.05) is 34.1 Å². The van der Waals surface area contributed by atoms with Gasteiger partial charge in [-0.05, 0) is 55.4 Å². The average molecular weight is 579 g/mol. The predicted molar refractivity (Wildman–Crippen MR) is 149 cm³/mol. The zero-order valence-corrected chi connectivity index (χ0v) is 22.8. The Hall–Kier alpha value is -3.76. The number of carbonyl (C=O) groups is 2. The SMILES string of the molecule is Cc1cc(F)c(C(=O)NCc2ccccc2N2CCN(C)CC2)cc1NC(=O)c1cnc2cc(Br)ccn12. The molecule has 0 bridgehead atoms. The molecule has 2 aromatic carbocycles. The summed E-state index contributed by atoms with van der Waals surface area (Å²) in [6, 6.07) is 14.2. The zero-order valence-electron chi connectivity index (χ0n) is 21.2. The van der Waals surface area contributed by atoms with Crippen LogP contribution in [-0.4, -0.2) is 59.3 Å². The Balaban J connectivity index is 1.32. The fourth-order valence-electron chi connectivity index (χ4n) is 4.58. The van der Waals surface area contributed by atoms with Crippen LogP contribution in [-0.2, 0) is 6.54 Å². The van der Waals surface area contributed by atoms with Crippen LogP contribution >= 0.6 is 15.9 Å². The lowest BCUT2D eigenvalue weighted by Crippen LogP contribution is -2.45. The van der Waals surface area contributed by atoms with Crippen molar-refractivity contribution in [2.24, 2.45) is 0 Å². The smallest absolute Gasteiger partial charge is 0.274 e. The number of amides is 2. The topological polar surface area (TPSA) is 82.0 Å². The quantitative estimate of drug-likeness (QED) is 0.352. The maximum atomic E-state index is 14.9. The summed E-state index contributed by atoms with van der Waals surface area (Å²) in [6.45, 7) is 5.68. The van der Waals surface area contributed by atoms with Gasteiger partial charge in [-0.2, -0.15) is 0 Å². The lowest BCUT2D eigenvalue weighted by Gasteiger charge is -2.35. The molecule has 1 aliphatic rings. The van der Waals surface area contributed by atoms with Gasteiger partial charge < -0.3 is 20.4 Å². The minimum Gasteiger partial charge on any atom is -0.369 e. The highest BCUT2D eigenvalue weighted by molar-refractivity contribution is 9.10. The number of aryl methyl sites for hydroxylation is 1. The van der Waals surface area contributed by atoms with Crippen LogP contribution in [0.4, 0.5) is 15.8 Å². The van der Waals surface area contributed by atoms with E-state index in [0.29, 0.717) is 22.6 Å². The largest absolute Gasteiger partial charge is 0.369 e. The van der Waals surface area contributed by atoms with E-state index in [0.717, 1.165) is 41.9 Å². The van der Waals surface area contributed by atoms with Crippen molar-refractivity contribution in [1.82, 2.24) is 19.6 Å². The van der Waals surface area contributed by atoms with Crippen LogP contribution in [0.15, 0.2) is 65.4 Å². The first-order chi connectivity index (χ1) is 18.3. The molecule has 10 heteroatoms. The zero-order chi connectivity index (χ0) is 26.8. The Kier molecular flexibility index (Phi) is 7.44. The number of imidazole rings is 1. The number of pyridine rings is 1. The highest BCUT2D eigenvalue weighted by Gasteiger charge is 2.20. The number of rotatable bonds is 6. The molecule has 1 saturated heterocycles. The number of benzene rings is 2. The fraction of sp³-hybridized carbons (Fsp3) is 0.250. The van der Waals surface area contributed by atoms with Crippen LogP contribution < -0.4 is 15.5 Å². The summed E-state index contributed by atoms with van der Waals surface area (Å²) in [5.74, 6) is -1.61. The lowest BCUT2D eigenvalue weighted by atomic mass is 10.1. The van der Waals surface area contributed by atoms with E-state index in [1.807, 2.05) is 24.3 Å². The Bertz CT molecular complexity index is 1510. The molecule has 196 valence electrons. The monoisotopic (exact) mass is 578 g/mol. The van der Waals surface area contributed by atoms with E-state index in [2.05, 4.69) is 48.4 Å². The summed E-state index contributed by atoms with van der Waals surface area (Å²) < 4.78 is 17.4. The van der Waals surface area contributed by atoms with E-state index in [1.165, 1.54) is 18.3 Å². The van der Waals surface area contributed by atoms with E-state index >= 15 is 0 Å². The number of nitrogens with one attached hydrogen (secondary N) is 2. The first-order valence-electron chi connectivity index (χ1n) is 12.3. The van der Waals surface area contributed by atoms with Crippen molar-refractivity contribution >= 4 is 44.8 Å². The molecule has 1 fully saturated rings. The van der Waals surface area contributed by atoms with Crippen molar-refractivity contribution < 1.29 is 14.0 Å². The molecular weight excluding hydrogens is 551 g/mol. The van der Waals surface area contributed by atoms with Gasteiger partial charge in [0.2, 0.25) is 0 Å². The Morgan fingerprint density at radius 1 is 1.05 bits per heavy atom. The number of carbonyl (C=O) groups excluding carboxylic acids is 2. The summed E-state index contributed by atoms with van der Waals surface area (Å²) >= 11 is 3.39. The Morgan fingerprint density at radius 2 is 1.82 bits per heavy atom. The first-order valence-corrected chi connectivity index (χ1v) is 13.1. The molecule has 2 amide bonds. The van der Waals surface area contributed by atoms with E-state index in [1.54, 1.807) is 29.7 Å². The number of hydrogen-bond acceptors (Lipinski definition) is 5. The van der Waals surface area contributed by atoms with Gasteiger partial charge in [-0.25, -0.2) is 9.37 Å². The Morgan fingerprint density at radius 3 is 2.61 bits per heavy atom. The first kappa shape index (κ1) is 25.9. The summed E-state index contributed by atoms with van der Waals surface area (Å²) in [6.07, 6.45) is 3.21. The van der Waals surface area contributed by atoms with Crippen molar-refractivity contribution in [2.45, 2.75) is 13.5 Å². The minimum absolute atomic E-state index is 0.134. The van der Waals surface area contributed by atoms with Gasteiger partial charge in [0.25, 0.3) is 11.8 Å². The van der Waals surface area contributed by atoms with E-state index in [9.17, 15) is 14.0 Å². The molecule has 2 N–H and O–H groups in total. The van der Waals surface area contributed by atoms with Gasteiger partial charge >= 0.3 is 0 Å². The molecule has 38 heavy (non-hydrogen) atoms. The number of halogens is 2. The van der Waals surface area contributed by atoms with Crippen LogP contribution in [0.5, 0.6) is 0 Å². The number of likely N-dealkylation sites (N-methyl/N-ethyl adjacent to an activating group) is 1. The number of anilines is 2. The second kappa shape index (κ2) is 10.9. The number of nitrogens with zero attached hydrogens (tertiary/aromatic N) is 4. The third-order valence-electron chi connectivity index (χ3n) is 6.79. The standard InChI is InChI=1S/C28H28BrFN6O2/c1-18-13-22(30)21(15-23(18)33-28(38)25-17-31-26-14-20(29)7-8-36(25)26)27(37)32-16-19-5-3-4-6-24(19)35-11-9-34(2)10-12-35/h3-8,13-15,17H,9-12,16H2,1-2H3,(H,32,37)(H,33,38). The van der Waals surface area contributed by atoms with Gasteiger partial charge in [0, 0.05) is 54.8 Å². The van der Waals surface area contributed by atoms with Crippen molar-refractivity contribution in [2.75, 3.05) is 43.4 Å².